The fraction of sp³-hybridized carbons (Fsp3) is 0.538. The fourth-order valence-electron chi connectivity index (χ4n) is 1.68. The summed E-state index contributed by atoms with van der Waals surface area (Å²) in [5, 5.41) is 11.7. The number of hydrogen-bond acceptors (Lipinski definition) is 5. The first-order valence-electron chi connectivity index (χ1n) is 6.46. The average Bonchev–Trinajstić information content (AvgIpc) is 2.34. The molecular formula is C13H20N4O3. The van der Waals surface area contributed by atoms with E-state index in [-0.39, 0.29) is 24.1 Å². The summed E-state index contributed by atoms with van der Waals surface area (Å²) in [4.78, 5) is 32.5. The van der Waals surface area contributed by atoms with E-state index in [0.717, 1.165) is 0 Å². The number of carbonyl (C=O) groups is 2. The smallest absolute Gasteiger partial charge is 0.339 e. The van der Waals surface area contributed by atoms with Crippen LogP contribution in [0.15, 0.2) is 6.20 Å². The lowest BCUT2D eigenvalue weighted by atomic mass is 10.2. The molecule has 0 atom stereocenters. The third kappa shape index (κ3) is 4.18. The van der Waals surface area contributed by atoms with Crippen molar-refractivity contribution < 1.29 is 14.7 Å². The van der Waals surface area contributed by atoms with Gasteiger partial charge in [-0.3, -0.25) is 4.79 Å². The number of carboxylic acids is 1. The minimum atomic E-state index is -1.06. The molecule has 0 aliphatic rings. The summed E-state index contributed by atoms with van der Waals surface area (Å²) in [6, 6.07) is 0.0678. The van der Waals surface area contributed by atoms with Crippen LogP contribution in [0.3, 0.4) is 0 Å². The van der Waals surface area contributed by atoms with Crippen LogP contribution in [0.25, 0.3) is 0 Å². The van der Waals surface area contributed by atoms with Gasteiger partial charge in [0.2, 0.25) is 11.9 Å². The monoisotopic (exact) mass is 280 g/mol. The molecule has 0 bridgehead atoms. The Bertz CT molecular complexity index is 502. The molecule has 0 radical (unpaired) electrons. The molecule has 0 aliphatic heterocycles. The average molecular weight is 280 g/mol. The van der Waals surface area contributed by atoms with Gasteiger partial charge in [0.1, 0.15) is 0 Å². The predicted octanol–water partition coefficient (Wildman–Crippen LogP) is 0.834. The molecule has 0 saturated heterocycles. The van der Waals surface area contributed by atoms with Crippen LogP contribution in [0, 0.1) is 6.92 Å². The van der Waals surface area contributed by atoms with Gasteiger partial charge in [-0.05, 0) is 27.7 Å². The predicted molar refractivity (Wildman–Crippen MR) is 74.9 cm³/mol. The number of nitrogens with one attached hydrogen (secondary N) is 1. The molecule has 0 unspecified atom stereocenters. The van der Waals surface area contributed by atoms with Crippen LogP contribution in [0.5, 0.6) is 0 Å². The van der Waals surface area contributed by atoms with Gasteiger partial charge in [-0.15, -0.1) is 0 Å². The van der Waals surface area contributed by atoms with Crippen molar-refractivity contribution in [2.45, 2.75) is 33.7 Å². The molecule has 1 rings (SSSR count). The van der Waals surface area contributed by atoms with Crippen LogP contribution >= 0.6 is 0 Å². The van der Waals surface area contributed by atoms with E-state index in [2.05, 4.69) is 15.3 Å². The number of nitrogens with zero attached hydrogens (tertiary/aromatic N) is 3. The van der Waals surface area contributed by atoms with Crippen molar-refractivity contribution in [1.82, 2.24) is 15.3 Å². The maximum absolute atomic E-state index is 11.8. The van der Waals surface area contributed by atoms with Crippen molar-refractivity contribution in [1.29, 1.82) is 0 Å². The summed E-state index contributed by atoms with van der Waals surface area (Å²) in [7, 11) is 0. The minimum Gasteiger partial charge on any atom is -0.478 e. The van der Waals surface area contributed by atoms with Crippen molar-refractivity contribution in [2.75, 3.05) is 18.0 Å². The number of likely N-dealkylation sites (N-methyl/N-ethyl adjacent to an activating group) is 1. The van der Waals surface area contributed by atoms with Gasteiger partial charge >= 0.3 is 5.97 Å². The zero-order valence-electron chi connectivity index (χ0n) is 12.2. The second-order valence-corrected chi connectivity index (χ2v) is 4.71. The van der Waals surface area contributed by atoms with E-state index in [0.29, 0.717) is 18.2 Å². The highest BCUT2D eigenvalue weighted by molar-refractivity contribution is 5.88. The molecule has 20 heavy (non-hydrogen) atoms. The van der Waals surface area contributed by atoms with Crippen molar-refractivity contribution in [3.8, 4) is 0 Å². The van der Waals surface area contributed by atoms with E-state index >= 15 is 0 Å². The third-order valence-corrected chi connectivity index (χ3v) is 2.65. The molecule has 7 nitrogen and oxygen atoms in total. The minimum absolute atomic E-state index is 0.0661. The Morgan fingerprint density at radius 1 is 1.45 bits per heavy atom. The zero-order valence-corrected chi connectivity index (χ0v) is 12.2. The Labute approximate surface area is 118 Å². The molecule has 1 aromatic rings. The second kappa shape index (κ2) is 6.83. The number of rotatable bonds is 6. The molecule has 0 saturated carbocycles. The first-order chi connectivity index (χ1) is 9.35. The van der Waals surface area contributed by atoms with Gasteiger partial charge in [-0.1, -0.05) is 0 Å². The highest BCUT2D eigenvalue weighted by atomic mass is 16.4. The standard InChI is InChI=1S/C13H20N4O3/c1-5-17(7-11(18)15-8(2)3)13-14-6-10(12(19)20)9(4)16-13/h6,8H,5,7H2,1-4H3,(H,15,18)(H,19,20). The van der Waals surface area contributed by atoms with Gasteiger partial charge in [-0.25, -0.2) is 14.8 Å². The second-order valence-electron chi connectivity index (χ2n) is 4.71. The normalized spacial score (nSPS) is 10.4. The van der Waals surface area contributed by atoms with Gasteiger partial charge in [0.05, 0.1) is 17.8 Å². The van der Waals surface area contributed by atoms with Crippen LogP contribution in [0.4, 0.5) is 5.95 Å². The van der Waals surface area contributed by atoms with Crippen LogP contribution in [0.1, 0.15) is 36.8 Å². The van der Waals surface area contributed by atoms with Gasteiger partial charge in [-0.2, -0.15) is 0 Å². The molecule has 1 amide bonds. The lowest BCUT2D eigenvalue weighted by Crippen LogP contribution is -2.40. The third-order valence-electron chi connectivity index (χ3n) is 2.65. The van der Waals surface area contributed by atoms with Gasteiger partial charge in [0.15, 0.2) is 0 Å². The molecule has 0 spiro atoms. The summed E-state index contributed by atoms with van der Waals surface area (Å²) < 4.78 is 0. The highest BCUT2D eigenvalue weighted by Crippen LogP contribution is 2.11. The molecule has 1 aromatic heterocycles. The van der Waals surface area contributed by atoms with E-state index in [1.54, 1.807) is 11.8 Å². The quantitative estimate of drug-likeness (QED) is 0.801. The molecule has 1 heterocycles. The van der Waals surface area contributed by atoms with E-state index in [1.165, 1.54) is 6.20 Å². The Hall–Kier alpha value is -2.18. The van der Waals surface area contributed by atoms with E-state index < -0.39 is 5.97 Å². The fourth-order valence-corrected chi connectivity index (χ4v) is 1.68. The number of carbonyl (C=O) groups excluding carboxylic acids is 1. The lowest BCUT2D eigenvalue weighted by molar-refractivity contribution is -0.120. The van der Waals surface area contributed by atoms with Crippen LogP contribution < -0.4 is 10.2 Å². The molecular weight excluding hydrogens is 260 g/mol. The number of hydrogen-bond donors (Lipinski definition) is 2. The Morgan fingerprint density at radius 2 is 2.10 bits per heavy atom. The molecule has 0 aliphatic carbocycles. The summed E-state index contributed by atoms with van der Waals surface area (Å²) in [5.41, 5.74) is 0.446. The van der Waals surface area contributed by atoms with Crippen molar-refractivity contribution >= 4 is 17.8 Å². The Balaban J connectivity index is 2.88. The number of anilines is 1. The number of carboxylic acid groups (broad SMARTS) is 1. The van der Waals surface area contributed by atoms with E-state index in [9.17, 15) is 9.59 Å². The van der Waals surface area contributed by atoms with Crippen molar-refractivity contribution in [2.24, 2.45) is 0 Å². The Morgan fingerprint density at radius 3 is 2.55 bits per heavy atom. The van der Waals surface area contributed by atoms with Gasteiger partial charge in [0, 0.05) is 18.8 Å². The molecule has 110 valence electrons. The maximum atomic E-state index is 11.8. The summed E-state index contributed by atoms with van der Waals surface area (Å²) >= 11 is 0. The summed E-state index contributed by atoms with van der Waals surface area (Å²) in [5.74, 6) is -0.825. The van der Waals surface area contributed by atoms with E-state index in [1.807, 2.05) is 20.8 Å². The number of aryl methyl sites for hydroxylation is 1. The molecule has 0 aromatic carbocycles. The topological polar surface area (TPSA) is 95.4 Å². The Kier molecular flexibility index (Phi) is 5.42. The maximum Gasteiger partial charge on any atom is 0.339 e. The lowest BCUT2D eigenvalue weighted by Gasteiger charge is -2.21. The number of amides is 1. The van der Waals surface area contributed by atoms with Crippen molar-refractivity contribution in [3.05, 3.63) is 17.5 Å². The highest BCUT2D eigenvalue weighted by Gasteiger charge is 2.16. The van der Waals surface area contributed by atoms with Crippen LogP contribution in [0.2, 0.25) is 0 Å². The van der Waals surface area contributed by atoms with Crippen molar-refractivity contribution in [3.63, 3.8) is 0 Å². The SMILES string of the molecule is CCN(CC(=O)NC(C)C)c1ncc(C(=O)O)c(C)n1. The summed E-state index contributed by atoms with van der Waals surface area (Å²) in [6.07, 6.45) is 1.27. The zero-order chi connectivity index (χ0) is 15.3. The number of aromatic carboxylic acids is 1. The van der Waals surface area contributed by atoms with Crippen LogP contribution in [-0.4, -0.2) is 46.1 Å². The summed E-state index contributed by atoms with van der Waals surface area (Å²) in [6.45, 7) is 7.95. The van der Waals surface area contributed by atoms with Crippen LogP contribution in [-0.2, 0) is 4.79 Å². The van der Waals surface area contributed by atoms with Gasteiger partial charge < -0.3 is 15.3 Å². The largest absolute Gasteiger partial charge is 0.478 e. The first-order valence-corrected chi connectivity index (χ1v) is 6.46. The molecule has 2 N–H and O–H groups in total. The number of aromatic nitrogens is 2. The van der Waals surface area contributed by atoms with E-state index in [4.69, 9.17) is 5.11 Å². The van der Waals surface area contributed by atoms with Gasteiger partial charge in [0.25, 0.3) is 0 Å². The molecule has 0 fully saturated rings. The first kappa shape index (κ1) is 15.9. The molecule has 7 heteroatoms.